The predicted molar refractivity (Wildman–Crippen MR) is 77.9 cm³/mol. The molecule has 0 fully saturated rings. The molecule has 0 saturated carbocycles. The highest BCUT2D eigenvalue weighted by Crippen LogP contribution is 2.31. The van der Waals surface area contributed by atoms with Gasteiger partial charge in [-0.25, -0.2) is 0 Å². The third-order valence-electron chi connectivity index (χ3n) is 3.24. The number of ether oxygens (including phenoxy) is 1. The zero-order valence-electron chi connectivity index (χ0n) is 11.7. The maximum Gasteiger partial charge on any atom is 0.266 e. The Kier molecular flexibility index (Phi) is 3.90. The monoisotopic (exact) mass is 268 g/mol. The van der Waals surface area contributed by atoms with Gasteiger partial charge in [0.25, 0.3) is 5.56 Å². The lowest BCUT2D eigenvalue weighted by Crippen LogP contribution is -2.13. The molecule has 0 spiro atoms. The smallest absolute Gasteiger partial charge is 0.266 e. The second-order valence-electron chi connectivity index (χ2n) is 4.82. The summed E-state index contributed by atoms with van der Waals surface area (Å²) in [5.74, 6) is 0.944. The summed E-state index contributed by atoms with van der Waals surface area (Å²) < 4.78 is 5.13. The maximum absolute atomic E-state index is 11.8. The molecule has 0 atom stereocenters. The molecule has 0 aliphatic rings. The molecule has 1 aromatic carbocycles. The minimum absolute atomic E-state index is 0.154. The van der Waals surface area contributed by atoms with Gasteiger partial charge in [0.1, 0.15) is 17.4 Å². The van der Waals surface area contributed by atoms with Crippen molar-refractivity contribution < 1.29 is 4.74 Å². The van der Waals surface area contributed by atoms with Crippen molar-refractivity contribution in [2.45, 2.75) is 19.8 Å². The van der Waals surface area contributed by atoms with Gasteiger partial charge in [0, 0.05) is 11.8 Å². The van der Waals surface area contributed by atoms with Gasteiger partial charge in [-0.15, -0.1) is 0 Å². The average Bonchev–Trinajstić information content (AvgIpc) is 2.46. The molecular formula is C16H16N2O2. The Morgan fingerprint density at radius 3 is 2.40 bits per heavy atom. The number of aromatic amines is 1. The summed E-state index contributed by atoms with van der Waals surface area (Å²) in [4.78, 5) is 14.5. The first-order valence-corrected chi connectivity index (χ1v) is 6.38. The number of H-pyrrole nitrogens is 1. The van der Waals surface area contributed by atoms with Crippen LogP contribution < -0.4 is 10.3 Å². The highest BCUT2D eigenvalue weighted by atomic mass is 16.5. The van der Waals surface area contributed by atoms with E-state index in [0.717, 1.165) is 16.9 Å². The normalized spacial score (nSPS) is 10.3. The predicted octanol–water partition coefficient (Wildman–Crippen LogP) is 3.05. The van der Waals surface area contributed by atoms with Crippen LogP contribution in [0.3, 0.4) is 0 Å². The van der Waals surface area contributed by atoms with Crippen molar-refractivity contribution in [3.8, 4) is 22.9 Å². The molecular weight excluding hydrogens is 252 g/mol. The van der Waals surface area contributed by atoms with Crippen molar-refractivity contribution in [2.24, 2.45) is 0 Å². The molecule has 2 rings (SSSR count). The fraction of sp³-hybridized carbons (Fsp3) is 0.250. The van der Waals surface area contributed by atoms with Gasteiger partial charge in [-0.05, 0) is 29.2 Å². The molecule has 0 bridgehead atoms. The molecule has 20 heavy (non-hydrogen) atoms. The lowest BCUT2D eigenvalue weighted by atomic mass is 9.91. The fourth-order valence-electron chi connectivity index (χ4n) is 2.18. The number of rotatable bonds is 3. The quantitative estimate of drug-likeness (QED) is 0.930. The lowest BCUT2D eigenvalue weighted by Gasteiger charge is -2.14. The van der Waals surface area contributed by atoms with Gasteiger partial charge in [-0.2, -0.15) is 5.26 Å². The van der Waals surface area contributed by atoms with E-state index in [2.05, 4.69) is 4.98 Å². The second kappa shape index (κ2) is 5.62. The molecule has 0 saturated heterocycles. The van der Waals surface area contributed by atoms with E-state index in [1.807, 2.05) is 44.2 Å². The Morgan fingerprint density at radius 1 is 1.25 bits per heavy atom. The highest BCUT2D eigenvalue weighted by molar-refractivity contribution is 5.74. The molecule has 1 N–H and O–H groups in total. The minimum atomic E-state index is -0.359. The van der Waals surface area contributed by atoms with Crippen LogP contribution in [0.5, 0.6) is 5.75 Å². The molecule has 0 amide bonds. The zero-order valence-corrected chi connectivity index (χ0v) is 11.7. The van der Waals surface area contributed by atoms with Crippen LogP contribution in [-0.4, -0.2) is 12.1 Å². The number of nitrogens with one attached hydrogen (secondary N) is 1. The lowest BCUT2D eigenvalue weighted by molar-refractivity contribution is 0.415. The van der Waals surface area contributed by atoms with Gasteiger partial charge in [0.05, 0.1) is 7.11 Å². The van der Waals surface area contributed by atoms with Crippen molar-refractivity contribution in [3.63, 3.8) is 0 Å². The SMILES string of the molecule is COc1ccc(-c2c(C(C)C)c[nH]c(=O)c2C#N)cc1. The number of methoxy groups -OCH3 is 1. The summed E-state index contributed by atoms with van der Waals surface area (Å²) in [5.41, 5.74) is 2.29. The van der Waals surface area contributed by atoms with Crippen molar-refractivity contribution >= 4 is 0 Å². The Morgan fingerprint density at radius 2 is 1.90 bits per heavy atom. The Bertz CT molecular complexity index is 707. The molecule has 1 heterocycles. The number of benzene rings is 1. The molecule has 0 unspecified atom stereocenters. The zero-order chi connectivity index (χ0) is 14.7. The number of hydrogen-bond donors (Lipinski definition) is 1. The van der Waals surface area contributed by atoms with Crippen molar-refractivity contribution in [1.82, 2.24) is 4.98 Å². The number of pyridine rings is 1. The van der Waals surface area contributed by atoms with Crippen LogP contribution in [0.25, 0.3) is 11.1 Å². The summed E-state index contributed by atoms with van der Waals surface area (Å²) >= 11 is 0. The third kappa shape index (κ3) is 2.43. The van der Waals surface area contributed by atoms with E-state index in [4.69, 9.17) is 4.74 Å². The van der Waals surface area contributed by atoms with Gasteiger partial charge < -0.3 is 9.72 Å². The van der Waals surface area contributed by atoms with Gasteiger partial charge in [0.2, 0.25) is 0 Å². The number of nitriles is 1. The van der Waals surface area contributed by atoms with Gasteiger partial charge in [-0.3, -0.25) is 4.79 Å². The molecule has 4 nitrogen and oxygen atoms in total. The van der Waals surface area contributed by atoms with Crippen molar-refractivity contribution in [1.29, 1.82) is 5.26 Å². The van der Waals surface area contributed by atoms with Crippen LogP contribution in [0, 0.1) is 11.3 Å². The molecule has 4 heteroatoms. The first-order valence-electron chi connectivity index (χ1n) is 6.38. The van der Waals surface area contributed by atoms with E-state index in [9.17, 15) is 10.1 Å². The van der Waals surface area contributed by atoms with E-state index < -0.39 is 0 Å². The first kappa shape index (κ1) is 13.9. The van der Waals surface area contributed by atoms with Crippen LogP contribution >= 0.6 is 0 Å². The molecule has 0 radical (unpaired) electrons. The Hall–Kier alpha value is -2.54. The molecule has 2 aromatic rings. The van der Waals surface area contributed by atoms with E-state index in [1.165, 1.54) is 0 Å². The van der Waals surface area contributed by atoms with Crippen molar-refractivity contribution in [2.75, 3.05) is 7.11 Å². The molecule has 1 aromatic heterocycles. The van der Waals surface area contributed by atoms with Crippen LogP contribution in [0.1, 0.15) is 30.9 Å². The van der Waals surface area contributed by atoms with Crippen LogP contribution in [0.4, 0.5) is 0 Å². The fourth-order valence-corrected chi connectivity index (χ4v) is 2.18. The summed E-state index contributed by atoms with van der Waals surface area (Å²) in [7, 11) is 1.60. The van der Waals surface area contributed by atoms with Gasteiger partial charge in [-0.1, -0.05) is 26.0 Å². The summed E-state index contributed by atoms with van der Waals surface area (Å²) in [6.07, 6.45) is 1.69. The van der Waals surface area contributed by atoms with Crippen molar-refractivity contribution in [3.05, 3.63) is 51.9 Å². The van der Waals surface area contributed by atoms with E-state index >= 15 is 0 Å². The standard InChI is InChI=1S/C16H16N2O2/c1-10(2)14-9-18-16(19)13(8-17)15(14)11-4-6-12(20-3)7-5-11/h4-7,9-10H,1-3H3,(H,18,19). The minimum Gasteiger partial charge on any atom is -0.497 e. The molecule has 0 aliphatic carbocycles. The van der Waals surface area contributed by atoms with E-state index in [0.29, 0.717) is 5.56 Å². The number of hydrogen-bond acceptors (Lipinski definition) is 3. The van der Waals surface area contributed by atoms with Crippen LogP contribution in [0.2, 0.25) is 0 Å². The third-order valence-corrected chi connectivity index (χ3v) is 3.24. The van der Waals surface area contributed by atoms with E-state index in [-0.39, 0.29) is 17.0 Å². The maximum atomic E-state index is 11.8. The van der Waals surface area contributed by atoms with Gasteiger partial charge in [0.15, 0.2) is 0 Å². The van der Waals surface area contributed by atoms with Crippen LogP contribution in [-0.2, 0) is 0 Å². The second-order valence-corrected chi connectivity index (χ2v) is 4.82. The first-order chi connectivity index (χ1) is 9.58. The topological polar surface area (TPSA) is 65.9 Å². The summed E-state index contributed by atoms with van der Waals surface area (Å²) in [6.45, 7) is 4.06. The average molecular weight is 268 g/mol. The van der Waals surface area contributed by atoms with Gasteiger partial charge >= 0.3 is 0 Å². The largest absolute Gasteiger partial charge is 0.497 e. The number of nitrogens with zero attached hydrogens (tertiary/aromatic N) is 1. The number of aromatic nitrogens is 1. The van der Waals surface area contributed by atoms with E-state index in [1.54, 1.807) is 13.3 Å². The Labute approximate surface area is 117 Å². The molecule has 0 aliphatic heterocycles. The Balaban J connectivity index is 2.73. The van der Waals surface area contributed by atoms with Crippen LogP contribution in [0.15, 0.2) is 35.3 Å². The summed E-state index contributed by atoms with van der Waals surface area (Å²) in [5, 5.41) is 9.27. The highest BCUT2D eigenvalue weighted by Gasteiger charge is 2.16. The summed E-state index contributed by atoms with van der Waals surface area (Å²) in [6, 6.07) is 9.38. The molecule has 102 valence electrons.